The van der Waals surface area contributed by atoms with Crippen molar-refractivity contribution in [3.8, 4) is 0 Å². The van der Waals surface area contributed by atoms with Gasteiger partial charge in [-0.1, -0.05) is 37.1 Å². The first-order chi connectivity index (χ1) is 33.4. The molecule has 0 radical (unpaired) electrons. The number of guanidine groups is 3. The van der Waals surface area contributed by atoms with Crippen LogP contribution in [0.3, 0.4) is 0 Å². The summed E-state index contributed by atoms with van der Waals surface area (Å²) in [5.74, 6) is -4.92. The van der Waals surface area contributed by atoms with Gasteiger partial charge < -0.3 is 81.4 Å². The van der Waals surface area contributed by atoms with Gasteiger partial charge in [0.05, 0.1) is 12.6 Å². The van der Waals surface area contributed by atoms with Crippen LogP contribution in [0.15, 0.2) is 39.2 Å². The number of carbonyl (C=O) groups excluding carboxylic acids is 6. The number of rotatable bonds is 27. The predicted molar refractivity (Wildman–Crippen MR) is 261 cm³/mol. The summed E-state index contributed by atoms with van der Waals surface area (Å²) in [5, 5.41) is 31.2. The number of hydrogen-bond acceptors (Lipinski definition) is 12. The van der Waals surface area contributed by atoms with E-state index in [1.807, 2.05) is 24.3 Å². The number of carboxylic acids is 1. The van der Waals surface area contributed by atoms with Crippen molar-refractivity contribution in [3.63, 3.8) is 0 Å². The maximum Gasteiger partial charge on any atom is 0.326 e. The molecule has 2 heterocycles. The van der Waals surface area contributed by atoms with Crippen molar-refractivity contribution in [1.29, 1.82) is 0 Å². The Labute approximate surface area is 407 Å². The summed E-state index contributed by atoms with van der Waals surface area (Å²) in [6, 6.07) is 0.374. The Bertz CT molecular complexity index is 2060. The number of aliphatic hydroxyl groups excluding tert-OH is 1. The number of aliphatic imine (C=N–C) groups is 3. The molecule has 1 saturated heterocycles. The molecule has 1 aromatic carbocycles. The Kier molecular flexibility index (Phi) is 22.4. The summed E-state index contributed by atoms with van der Waals surface area (Å²) < 4.78 is 0. The topological polar surface area (TPSA) is 434 Å². The lowest BCUT2D eigenvalue weighted by molar-refractivity contribution is -0.153. The molecule has 2 aliphatic heterocycles. The Balaban J connectivity index is 1.40. The molecular weight excluding hydrogens is 909 g/mol. The van der Waals surface area contributed by atoms with E-state index in [0.717, 1.165) is 30.4 Å². The molecule has 70 heavy (non-hydrogen) atoms. The van der Waals surface area contributed by atoms with Crippen molar-refractivity contribution in [3.05, 3.63) is 35.4 Å². The normalized spacial score (nSPS) is 19.9. The van der Waals surface area contributed by atoms with E-state index in [1.165, 1.54) is 4.90 Å². The zero-order valence-electron chi connectivity index (χ0n) is 39.8. The molecule has 8 unspecified atom stereocenters. The van der Waals surface area contributed by atoms with Crippen LogP contribution in [0.2, 0.25) is 0 Å². The highest BCUT2D eigenvalue weighted by molar-refractivity contribution is 5.96. The number of amides is 6. The fraction of sp³-hybridized carbons (Fsp3) is 0.644. The molecule has 2 fully saturated rings. The molecule has 1 aromatic rings. The maximum atomic E-state index is 15.0. The number of carbonyl (C=O) groups is 7. The molecule has 4 rings (SSSR count). The van der Waals surface area contributed by atoms with Crippen LogP contribution >= 0.6 is 0 Å². The van der Waals surface area contributed by atoms with Gasteiger partial charge in [0.25, 0.3) is 0 Å². The van der Waals surface area contributed by atoms with Crippen LogP contribution in [0.1, 0.15) is 101 Å². The van der Waals surface area contributed by atoms with E-state index in [1.54, 1.807) is 4.90 Å². The van der Waals surface area contributed by atoms with Gasteiger partial charge in [0.15, 0.2) is 17.9 Å². The van der Waals surface area contributed by atoms with Crippen molar-refractivity contribution < 1.29 is 43.8 Å². The lowest BCUT2D eigenvalue weighted by Crippen LogP contribution is -2.62. The van der Waals surface area contributed by atoms with Gasteiger partial charge >= 0.3 is 5.97 Å². The summed E-state index contributed by atoms with van der Waals surface area (Å²) in [4.78, 5) is 110. The number of likely N-dealkylation sites (tertiary alicyclic amines) is 1. The molecule has 25 heteroatoms. The SMILES string of the molecule is NC(N)=NCCCC(N)C(=O)NC(CCCN=C(N)N)C(=O)NCCCCC(=O)NC(CO)C(=O)N1Cc2ccccc2CC1C(=O)N1C(C(=O)NC(CCCN=C(N)N)C(=O)O)CC2CCCCC21. The van der Waals surface area contributed by atoms with E-state index in [0.29, 0.717) is 32.1 Å². The average Bonchev–Trinajstić information content (AvgIpc) is 3.72. The molecule has 1 saturated carbocycles. The van der Waals surface area contributed by atoms with Gasteiger partial charge in [-0.25, -0.2) is 4.79 Å². The molecule has 0 spiro atoms. The van der Waals surface area contributed by atoms with Crippen LogP contribution in [0.4, 0.5) is 0 Å². The van der Waals surface area contributed by atoms with Crippen molar-refractivity contribution in [2.24, 2.45) is 61.0 Å². The number of unbranched alkanes of at least 4 members (excludes halogenated alkanes) is 1. The number of nitrogens with zero attached hydrogens (tertiary/aromatic N) is 5. The Morgan fingerprint density at radius 3 is 1.91 bits per heavy atom. The predicted octanol–water partition coefficient (Wildman–Crippen LogP) is -3.59. The summed E-state index contributed by atoms with van der Waals surface area (Å²) in [5.41, 5.74) is 40.0. The lowest BCUT2D eigenvalue weighted by Gasteiger charge is -2.42. The number of nitrogens with one attached hydrogen (secondary N) is 4. The van der Waals surface area contributed by atoms with E-state index in [9.17, 15) is 39.0 Å². The first-order valence-corrected chi connectivity index (χ1v) is 24.0. The van der Waals surface area contributed by atoms with Gasteiger partial charge in [0.2, 0.25) is 35.4 Å². The zero-order valence-corrected chi connectivity index (χ0v) is 39.8. The third kappa shape index (κ3) is 17.0. The van der Waals surface area contributed by atoms with Crippen LogP contribution in [-0.2, 0) is 46.5 Å². The number of aliphatic hydroxyl groups is 1. The summed E-state index contributed by atoms with van der Waals surface area (Å²) >= 11 is 0. The smallest absolute Gasteiger partial charge is 0.326 e. The van der Waals surface area contributed by atoms with Crippen LogP contribution in [-0.4, -0.2) is 154 Å². The van der Waals surface area contributed by atoms with Crippen molar-refractivity contribution in [2.75, 3.05) is 32.8 Å². The monoisotopic (exact) mass is 983 g/mol. The fourth-order valence-electron chi connectivity index (χ4n) is 9.29. The highest BCUT2D eigenvalue weighted by Crippen LogP contribution is 2.41. The maximum absolute atomic E-state index is 15.0. The molecular formula is C45H74N16O9. The van der Waals surface area contributed by atoms with Crippen LogP contribution < -0.4 is 61.4 Å². The summed E-state index contributed by atoms with van der Waals surface area (Å²) in [7, 11) is 0. The molecule has 388 valence electrons. The van der Waals surface area contributed by atoms with Gasteiger partial charge in [0, 0.05) is 51.6 Å². The van der Waals surface area contributed by atoms with Gasteiger partial charge in [-0.2, -0.15) is 0 Å². The minimum absolute atomic E-state index is 0.00569. The van der Waals surface area contributed by atoms with E-state index in [4.69, 9.17) is 40.1 Å². The number of aliphatic carboxylic acids is 1. The summed E-state index contributed by atoms with van der Waals surface area (Å²) in [6.45, 7) is 0.0409. The molecule has 3 aliphatic rings. The lowest BCUT2D eigenvalue weighted by atomic mass is 9.84. The molecule has 1 aliphatic carbocycles. The van der Waals surface area contributed by atoms with E-state index in [-0.39, 0.29) is 108 Å². The second kappa shape index (κ2) is 28.0. The quantitative estimate of drug-likeness (QED) is 0.0230. The highest BCUT2D eigenvalue weighted by atomic mass is 16.4. The second-order valence-corrected chi connectivity index (χ2v) is 18.0. The van der Waals surface area contributed by atoms with Gasteiger partial charge in [-0.05, 0) is 87.7 Å². The zero-order chi connectivity index (χ0) is 51.3. The first-order valence-electron chi connectivity index (χ1n) is 24.0. The van der Waals surface area contributed by atoms with Crippen LogP contribution in [0.25, 0.3) is 0 Å². The second-order valence-electron chi connectivity index (χ2n) is 18.0. The number of nitrogens with two attached hydrogens (primary N) is 7. The van der Waals surface area contributed by atoms with Crippen LogP contribution in [0, 0.1) is 5.92 Å². The molecule has 0 aromatic heterocycles. The third-order valence-corrected chi connectivity index (χ3v) is 12.9. The van der Waals surface area contributed by atoms with E-state index >= 15 is 4.79 Å². The minimum atomic E-state index is -1.41. The van der Waals surface area contributed by atoms with Crippen molar-refractivity contribution in [2.45, 2.75) is 145 Å². The Morgan fingerprint density at radius 1 is 0.700 bits per heavy atom. The molecule has 8 atom stereocenters. The van der Waals surface area contributed by atoms with Gasteiger partial charge in [-0.3, -0.25) is 43.7 Å². The molecule has 6 amide bonds. The molecule has 25 nitrogen and oxygen atoms in total. The number of benzene rings is 1. The van der Waals surface area contributed by atoms with Crippen molar-refractivity contribution >= 4 is 59.3 Å². The fourth-order valence-corrected chi connectivity index (χ4v) is 9.29. The van der Waals surface area contributed by atoms with E-state index < -0.39 is 84.3 Å². The van der Waals surface area contributed by atoms with Crippen LogP contribution in [0.5, 0.6) is 0 Å². The number of carboxylic acid groups (broad SMARTS) is 1. The standard InChI is InChI=1S/C45H74N16O9/c46-29(13-7-19-54-43(47)48)37(64)58-30(14-8-20-55-44(49)50)38(65)53-18-6-5-17-36(63)57-32(25-62)40(67)60-24-28-12-2-1-10-26(28)22-35(60)41(68)61-33-16-4-3-11-27(33)23-34(61)39(66)59-31(42(69)70)15-9-21-56-45(51)52/h1-2,10,12,27,29-35,62H,3-9,11,13-25,46H2,(H,53,65)(H,57,63)(H,58,64)(H,59,66)(H,69,70)(H4,47,48,54)(H4,49,50,55)(H4,51,52,56). The third-order valence-electron chi connectivity index (χ3n) is 12.9. The van der Waals surface area contributed by atoms with Gasteiger partial charge in [-0.15, -0.1) is 0 Å². The average molecular weight is 983 g/mol. The van der Waals surface area contributed by atoms with Gasteiger partial charge in [0.1, 0.15) is 30.2 Å². The first kappa shape index (κ1) is 55.8. The molecule has 20 N–H and O–H groups in total. The largest absolute Gasteiger partial charge is 0.480 e. The number of hydrogen-bond donors (Lipinski definition) is 13. The Morgan fingerprint density at radius 2 is 1.30 bits per heavy atom. The molecule has 0 bridgehead atoms. The number of fused-ring (bicyclic) bond motifs is 2. The highest BCUT2D eigenvalue weighted by Gasteiger charge is 2.51. The Hall–Kier alpha value is -6.76. The van der Waals surface area contributed by atoms with E-state index in [2.05, 4.69) is 36.2 Å². The minimum Gasteiger partial charge on any atom is -0.480 e. The van der Waals surface area contributed by atoms with Crippen molar-refractivity contribution in [1.82, 2.24) is 31.1 Å². The summed E-state index contributed by atoms with van der Waals surface area (Å²) in [6.07, 6.45) is 5.74.